The Morgan fingerprint density at radius 3 is 2.45 bits per heavy atom. The highest BCUT2D eigenvalue weighted by Gasteiger charge is 2.33. The summed E-state index contributed by atoms with van der Waals surface area (Å²) in [5.74, 6) is -1.40. The molecule has 6 nitrogen and oxygen atoms in total. The van der Waals surface area contributed by atoms with Crippen molar-refractivity contribution in [2.75, 3.05) is 18.0 Å². The molecule has 5 rings (SSSR count). The molecule has 1 saturated carbocycles. The molecule has 0 amide bonds. The van der Waals surface area contributed by atoms with Crippen molar-refractivity contribution in [3.63, 3.8) is 0 Å². The van der Waals surface area contributed by atoms with Crippen molar-refractivity contribution in [1.82, 2.24) is 9.78 Å². The van der Waals surface area contributed by atoms with Crippen molar-refractivity contribution in [1.29, 1.82) is 0 Å². The first kappa shape index (κ1) is 20.0. The Morgan fingerprint density at radius 1 is 1.06 bits per heavy atom. The molecule has 1 N–H and O–H groups in total. The lowest BCUT2D eigenvalue weighted by atomic mass is 9.97. The zero-order chi connectivity index (χ0) is 21.7. The Balaban J connectivity index is 1.59. The fourth-order valence-electron chi connectivity index (χ4n) is 4.43. The van der Waals surface area contributed by atoms with Crippen LogP contribution in [0.2, 0.25) is 5.02 Å². The van der Waals surface area contributed by atoms with Crippen molar-refractivity contribution < 1.29 is 19.1 Å². The number of carbonyl (C=O) groups is 2. The monoisotopic (exact) mass is 441 g/mol. The average molecular weight is 442 g/mol. The predicted octanol–water partition coefficient (Wildman–Crippen LogP) is 4.70. The van der Waals surface area contributed by atoms with E-state index in [2.05, 4.69) is 5.10 Å². The molecular weight excluding hydrogens is 421 g/mol. The second kappa shape index (κ2) is 7.64. The van der Waals surface area contributed by atoms with Gasteiger partial charge in [-0.15, -0.1) is 5.10 Å². The molecule has 3 aromatic rings. The van der Waals surface area contributed by atoms with E-state index in [0.717, 1.165) is 18.4 Å². The molecule has 31 heavy (non-hydrogen) atoms. The third-order valence-corrected chi connectivity index (χ3v) is 6.57. The number of anilines is 1. The first-order chi connectivity index (χ1) is 15.0. The van der Waals surface area contributed by atoms with Crippen LogP contribution in [0.4, 0.5) is 10.2 Å². The van der Waals surface area contributed by atoms with Gasteiger partial charge in [0.1, 0.15) is 5.82 Å². The van der Waals surface area contributed by atoms with Crippen LogP contribution in [0.5, 0.6) is 0 Å². The van der Waals surface area contributed by atoms with Gasteiger partial charge in [0.05, 0.1) is 27.4 Å². The number of fused-ring (bicyclic) bond motifs is 1. The van der Waals surface area contributed by atoms with Crippen molar-refractivity contribution in [2.45, 2.75) is 31.6 Å². The highest BCUT2D eigenvalue weighted by atomic mass is 35.5. The van der Waals surface area contributed by atoms with Crippen LogP contribution < -0.4 is 4.90 Å². The Hall–Kier alpha value is -2.93. The zero-order valence-corrected chi connectivity index (χ0v) is 17.5. The fourth-order valence-corrected chi connectivity index (χ4v) is 4.69. The second-order valence-electron chi connectivity index (χ2n) is 8.25. The van der Waals surface area contributed by atoms with E-state index in [1.807, 2.05) is 17.0 Å². The van der Waals surface area contributed by atoms with E-state index in [4.69, 9.17) is 11.6 Å². The number of aromatic nitrogens is 2. The van der Waals surface area contributed by atoms with Crippen molar-refractivity contribution in [3.8, 4) is 0 Å². The number of benzene rings is 2. The third-order valence-electron chi connectivity index (χ3n) is 6.25. The van der Waals surface area contributed by atoms with Gasteiger partial charge in [-0.1, -0.05) is 29.8 Å². The van der Waals surface area contributed by atoms with E-state index in [-0.39, 0.29) is 11.3 Å². The largest absolute Gasteiger partial charge is 0.481 e. The average Bonchev–Trinajstić information content (AvgIpc) is 3.53. The van der Waals surface area contributed by atoms with E-state index in [1.165, 1.54) is 10.7 Å². The Bertz CT molecular complexity index is 1200. The quantitative estimate of drug-likeness (QED) is 0.635. The normalized spacial score (nSPS) is 17.3. The van der Waals surface area contributed by atoms with Crippen LogP contribution in [-0.2, 0) is 4.79 Å². The van der Waals surface area contributed by atoms with Crippen LogP contribution in [0.25, 0.3) is 10.9 Å². The fraction of sp³-hybridized carbons (Fsp3) is 0.348. The number of carbonyl (C=O) groups excluding carboxylic acids is 1. The van der Waals surface area contributed by atoms with Gasteiger partial charge < -0.3 is 10.0 Å². The Kier molecular flexibility index (Phi) is 4.93. The van der Waals surface area contributed by atoms with Crippen LogP contribution in [0.15, 0.2) is 36.4 Å². The lowest BCUT2D eigenvalue weighted by Gasteiger charge is -2.30. The molecule has 8 heteroatoms. The van der Waals surface area contributed by atoms with Gasteiger partial charge in [0.15, 0.2) is 5.82 Å². The molecule has 2 aromatic carbocycles. The number of hydrogen-bond donors (Lipinski definition) is 1. The Morgan fingerprint density at radius 2 is 1.77 bits per heavy atom. The van der Waals surface area contributed by atoms with Crippen LogP contribution in [0.3, 0.4) is 0 Å². The summed E-state index contributed by atoms with van der Waals surface area (Å²) in [6, 6.07) is 10.0. The van der Waals surface area contributed by atoms with Crippen molar-refractivity contribution >= 4 is 40.2 Å². The molecule has 2 heterocycles. The van der Waals surface area contributed by atoms with Gasteiger partial charge in [-0.2, -0.15) is 4.68 Å². The minimum Gasteiger partial charge on any atom is -0.481 e. The first-order valence-corrected chi connectivity index (χ1v) is 10.8. The van der Waals surface area contributed by atoms with Crippen molar-refractivity contribution in [2.24, 2.45) is 5.92 Å². The summed E-state index contributed by atoms with van der Waals surface area (Å²) in [7, 11) is 0. The van der Waals surface area contributed by atoms with Gasteiger partial charge in [0.25, 0.3) is 5.91 Å². The molecule has 0 bridgehead atoms. The van der Waals surface area contributed by atoms with E-state index in [0.29, 0.717) is 53.8 Å². The molecule has 0 atom stereocenters. The molecule has 160 valence electrons. The Labute approximate surface area is 183 Å². The van der Waals surface area contributed by atoms with Gasteiger partial charge in [0, 0.05) is 13.1 Å². The lowest BCUT2D eigenvalue weighted by molar-refractivity contribution is -0.142. The molecular formula is C23H21ClFN3O3. The molecule has 1 aliphatic carbocycles. The molecule has 1 saturated heterocycles. The topological polar surface area (TPSA) is 75.4 Å². The summed E-state index contributed by atoms with van der Waals surface area (Å²) in [6.07, 6.45) is 2.92. The molecule has 0 radical (unpaired) electrons. The molecule has 0 spiro atoms. The number of hydrogen-bond acceptors (Lipinski definition) is 4. The maximum atomic E-state index is 14.9. The summed E-state index contributed by atoms with van der Waals surface area (Å²) < 4.78 is 16.1. The summed E-state index contributed by atoms with van der Waals surface area (Å²) in [5, 5.41) is 14.4. The summed E-state index contributed by atoms with van der Waals surface area (Å²) in [4.78, 5) is 26.7. The maximum absolute atomic E-state index is 14.9. The van der Waals surface area contributed by atoms with Gasteiger partial charge in [-0.05, 0) is 55.4 Å². The van der Waals surface area contributed by atoms with Gasteiger partial charge in [-0.3, -0.25) is 9.59 Å². The number of halogens is 2. The number of carboxylic acids is 1. The molecule has 1 aromatic heterocycles. The van der Waals surface area contributed by atoms with Crippen LogP contribution in [0, 0.1) is 11.7 Å². The zero-order valence-electron chi connectivity index (χ0n) is 16.7. The number of rotatable bonds is 4. The standard InChI is InChI=1S/C23H21ClFN3O3/c24-16-4-1-3-15(13-7-8-13)19(16)22(29)28-18-6-2-5-17(25)20(18)21(26-28)27-11-9-14(10-12-27)23(30)31/h1-6,13-14H,7-12H2,(H,30,31). The van der Waals surface area contributed by atoms with Crippen LogP contribution >= 0.6 is 11.6 Å². The van der Waals surface area contributed by atoms with E-state index < -0.39 is 17.7 Å². The highest BCUT2D eigenvalue weighted by Crippen LogP contribution is 2.43. The first-order valence-electron chi connectivity index (χ1n) is 10.4. The van der Waals surface area contributed by atoms with E-state index >= 15 is 0 Å². The smallest absolute Gasteiger partial charge is 0.306 e. The van der Waals surface area contributed by atoms with Gasteiger partial charge >= 0.3 is 5.97 Å². The third kappa shape index (κ3) is 3.47. The lowest BCUT2D eigenvalue weighted by Crippen LogP contribution is -2.36. The van der Waals surface area contributed by atoms with Gasteiger partial charge in [0.2, 0.25) is 0 Å². The number of piperidine rings is 1. The van der Waals surface area contributed by atoms with Gasteiger partial charge in [-0.25, -0.2) is 4.39 Å². The van der Waals surface area contributed by atoms with Crippen LogP contribution in [-0.4, -0.2) is 39.9 Å². The predicted molar refractivity (Wildman–Crippen MR) is 115 cm³/mol. The number of carboxylic acid groups (broad SMARTS) is 1. The number of nitrogens with zero attached hydrogens (tertiary/aromatic N) is 3. The second-order valence-corrected chi connectivity index (χ2v) is 8.66. The summed E-state index contributed by atoms with van der Waals surface area (Å²) >= 11 is 6.43. The summed E-state index contributed by atoms with van der Waals surface area (Å²) in [6.45, 7) is 0.871. The highest BCUT2D eigenvalue weighted by molar-refractivity contribution is 6.34. The minimum atomic E-state index is -0.817. The molecule has 2 fully saturated rings. The molecule has 2 aliphatic rings. The SMILES string of the molecule is O=C(O)C1CCN(c2nn(C(=O)c3c(Cl)cccc3C3CC3)c3cccc(F)c23)CC1. The van der Waals surface area contributed by atoms with Crippen LogP contribution in [0.1, 0.15) is 47.5 Å². The maximum Gasteiger partial charge on any atom is 0.306 e. The van der Waals surface area contributed by atoms with E-state index in [1.54, 1.807) is 18.2 Å². The van der Waals surface area contributed by atoms with Crippen molar-refractivity contribution in [3.05, 3.63) is 58.4 Å². The number of aliphatic carboxylic acids is 1. The minimum absolute atomic E-state index is 0.268. The van der Waals surface area contributed by atoms with E-state index in [9.17, 15) is 19.1 Å². The molecule has 1 aliphatic heterocycles. The molecule has 0 unspecified atom stereocenters. The summed E-state index contributed by atoms with van der Waals surface area (Å²) in [5.41, 5.74) is 1.69.